The molecule has 2 fully saturated rings. The number of thioether (sulfide) groups is 1. The van der Waals surface area contributed by atoms with Gasteiger partial charge in [0.15, 0.2) is 6.61 Å². The van der Waals surface area contributed by atoms with E-state index in [9.17, 15) is 14.4 Å². The minimum Gasteiger partial charge on any atom is -0.454 e. The van der Waals surface area contributed by atoms with E-state index in [1.807, 2.05) is 30.3 Å². The number of hydrogen-bond donors (Lipinski definition) is 1. The van der Waals surface area contributed by atoms with Crippen LogP contribution in [0, 0.1) is 0 Å². The average molecular weight is 378 g/mol. The van der Waals surface area contributed by atoms with Crippen LogP contribution < -0.4 is 5.32 Å². The molecule has 2 atom stereocenters. The Balaban J connectivity index is 1.65. The van der Waals surface area contributed by atoms with Gasteiger partial charge in [-0.15, -0.1) is 11.8 Å². The number of carbonyl (C=O) groups is 3. The zero-order valence-corrected chi connectivity index (χ0v) is 15.4. The molecule has 0 spiro atoms. The van der Waals surface area contributed by atoms with E-state index in [0.29, 0.717) is 31.7 Å². The Labute approximate surface area is 156 Å². The fraction of sp³-hybridized carbons (Fsp3) is 0.500. The molecule has 0 bridgehead atoms. The van der Waals surface area contributed by atoms with Gasteiger partial charge in [-0.2, -0.15) is 0 Å². The first-order valence-corrected chi connectivity index (χ1v) is 9.51. The molecule has 3 rings (SSSR count). The number of methoxy groups -OCH3 is 1. The number of esters is 1. The molecule has 0 radical (unpaired) electrons. The molecule has 26 heavy (non-hydrogen) atoms. The first kappa shape index (κ1) is 18.7. The summed E-state index contributed by atoms with van der Waals surface area (Å²) in [5, 5.41) is 2.59. The number of nitrogens with one attached hydrogen (secondary N) is 1. The summed E-state index contributed by atoms with van der Waals surface area (Å²) in [5.41, 5.74) is 1.02. The van der Waals surface area contributed by atoms with Crippen molar-refractivity contribution >= 4 is 29.5 Å². The lowest BCUT2D eigenvalue weighted by atomic mass is 10.0. The molecular weight excluding hydrogens is 356 g/mol. The van der Waals surface area contributed by atoms with Crippen molar-refractivity contribution in [3.05, 3.63) is 35.9 Å². The van der Waals surface area contributed by atoms with Crippen LogP contribution in [0.4, 0.5) is 0 Å². The number of hydrogen-bond acceptors (Lipinski definition) is 6. The highest BCUT2D eigenvalue weighted by Gasteiger charge is 2.57. The second-order valence-corrected chi connectivity index (χ2v) is 7.49. The highest BCUT2D eigenvalue weighted by molar-refractivity contribution is 8.00. The molecule has 0 saturated carbocycles. The lowest BCUT2D eigenvalue weighted by molar-refractivity contribution is -0.156. The van der Waals surface area contributed by atoms with Crippen molar-refractivity contribution in [1.29, 1.82) is 0 Å². The Kier molecular flexibility index (Phi) is 5.83. The van der Waals surface area contributed by atoms with Gasteiger partial charge in [-0.25, -0.2) is 4.79 Å². The lowest BCUT2D eigenvalue weighted by Gasteiger charge is -2.33. The molecule has 140 valence electrons. The molecule has 8 heteroatoms. The largest absolute Gasteiger partial charge is 0.454 e. The summed E-state index contributed by atoms with van der Waals surface area (Å²) in [4.78, 5) is 37.8. The van der Waals surface area contributed by atoms with Gasteiger partial charge in [0.1, 0.15) is 10.9 Å². The Hall–Kier alpha value is -2.06. The molecule has 0 unspecified atom stereocenters. The first-order chi connectivity index (χ1) is 12.6. The molecule has 2 saturated heterocycles. The van der Waals surface area contributed by atoms with Gasteiger partial charge in [0, 0.05) is 25.8 Å². The molecule has 2 aliphatic rings. The van der Waals surface area contributed by atoms with Crippen molar-refractivity contribution < 1.29 is 23.9 Å². The van der Waals surface area contributed by atoms with E-state index in [4.69, 9.17) is 9.47 Å². The third kappa shape index (κ3) is 3.57. The van der Waals surface area contributed by atoms with Gasteiger partial charge in [-0.1, -0.05) is 30.3 Å². The lowest BCUT2D eigenvalue weighted by Crippen LogP contribution is -2.47. The molecule has 1 aromatic rings. The maximum Gasteiger partial charge on any atom is 0.330 e. The van der Waals surface area contributed by atoms with E-state index >= 15 is 0 Å². The predicted molar refractivity (Wildman–Crippen MR) is 96.3 cm³/mol. The van der Waals surface area contributed by atoms with Crippen LogP contribution in [-0.4, -0.2) is 61.3 Å². The molecule has 2 aliphatic heterocycles. The molecule has 0 aromatic heterocycles. The predicted octanol–water partition coefficient (Wildman–Crippen LogP) is 0.883. The van der Waals surface area contributed by atoms with Crippen LogP contribution in [0.15, 0.2) is 30.3 Å². The number of carbonyl (C=O) groups excluding carboxylic acids is 3. The average Bonchev–Trinajstić information content (AvgIpc) is 3.20. The fourth-order valence-electron chi connectivity index (χ4n) is 3.39. The van der Waals surface area contributed by atoms with E-state index in [1.165, 1.54) is 7.11 Å². The van der Waals surface area contributed by atoms with Gasteiger partial charge >= 0.3 is 5.97 Å². The molecule has 7 nitrogen and oxygen atoms in total. The number of nitrogens with zero attached hydrogens (tertiary/aromatic N) is 1. The quantitative estimate of drug-likeness (QED) is 0.560. The van der Waals surface area contributed by atoms with Crippen LogP contribution in [0.2, 0.25) is 0 Å². The van der Waals surface area contributed by atoms with Gasteiger partial charge in [0.05, 0.1) is 6.61 Å². The SMILES string of the molecule is COCCNC(=O)COC(=O)[C@@H]1CS[C@@]2(c3ccccc3)CCC(=O)N12. The Morgan fingerprint density at radius 1 is 1.35 bits per heavy atom. The smallest absolute Gasteiger partial charge is 0.330 e. The van der Waals surface area contributed by atoms with Gasteiger partial charge in [-0.3, -0.25) is 9.59 Å². The molecule has 1 aromatic carbocycles. The van der Waals surface area contributed by atoms with E-state index in [-0.39, 0.29) is 18.4 Å². The van der Waals surface area contributed by atoms with E-state index in [2.05, 4.69) is 5.32 Å². The number of fused-ring (bicyclic) bond motifs is 1. The van der Waals surface area contributed by atoms with Crippen LogP contribution >= 0.6 is 11.8 Å². The van der Waals surface area contributed by atoms with Crippen molar-refractivity contribution in [1.82, 2.24) is 10.2 Å². The van der Waals surface area contributed by atoms with Gasteiger partial charge < -0.3 is 19.7 Å². The summed E-state index contributed by atoms with van der Waals surface area (Å²) in [7, 11) is 1.54. The maximum absolute atomic E-state index is 12.5. The third-order valence-electron chi connectivity index (χ3n) is 4.60. The van der Waals surface area contributed by atoms with Crippen molar-refractivity contribution in [2.45, 2.75) is 23.8 Å². The van der Waals surface area contributed by atoms with Gasteiger partial charge in [0.25, 0.3) is 5.91 Å². The minimum atomic E-state index is -0.665. The summed E-state index contributed by atoms with van der Waals surface area (Å²) >= 11 is 1.59. The number of rotatable bonds is 7. The normalized spacial score (nSPS) is 24.4. The van der Waals surface area contributed by atoms with Crippen molar-refractivity contribution in [2.24, 2.45) is 0 Å². The van der Waals surface area contributed by atoms with E-state index in [1.54, 1.807) is 16.7 Å². The molecule has 2 heterocycles. The number of benzene rings is 1. The van der Waals surface area contributed by atoms with Crippen molar-refractivity contribution in [2.75, 3.05) is 32.6 Å². The summed E-state index contributed by atoms with van der Waals surface area (Å²) in [5.74, 6) is -0.508. The van der Waals surface area contributed by atoms with Gasteiger partial charge in [0.2, 0.25) is 5.91 Å². The Morgan fingerprint density at radius 3 is 2.85 bits per heavy atom. The highest BCUT2D eigenvalue weighted by Crippen LogP contribution is 2.54. The van der Waals surface area contributed by atoms with E-state index in [0.717, 1.165) is 5.56 Å². The zero-order valence-electron chi connectivity index (χ0n) is 14.6. The van der Waals surface area contributed by atoms with Crippen LogP contribution in [0.1, 0.15) is 18.4 Å². The second-order valence-electron chi connectivity index (χ2n) is 6.19. The summed E-state index contributed by atoms with van der Waals surface area (Å²) in [6.45, 7) is 0.388. The van der Waals surface area contributed by atoms with Crippen LogP contribution in [0.3, 0.4) is 0 Å². The third-order valence-corrected chi connectivity index (χ3v) is 6.19. The number of ether oxygens (including phenoxy) is 2. The molecule has 1 N–H and O–H groups in total. The van der Waals surface area contributed by atoms with Crippen molar-refractivity contribution in [3.63, 3.8) is 0 Å². The van der Waals surface area contributed by atoms with Crippen LogP contribution in [-0.2, 0) is 28.7 Å². The standard InChI is InChI=1S/C18H22N2O5S/c1-24-10-9-19-15(21)11-25-17(23)14-12-26-18(8-7-16(22)20(14)18)13-5-3-2-4-6-13/h2-6,14H,7-12H2,1H3,(H,19,21)/t14-,18+/m0/s1. The second kappa shape index (κ2) is 8.09. The highest BCUT2D eigenvalue weighted by atomic mass is 32.2. The molecule has 2 amide bonds. The minimum absolute atomic E-state index is 0.0506. The summed E-state index contributed by atoms with van der Waals surface area (Å²) in [6.07, 6.45) is 1.07. The van der Waals surface area contributed by atoms with Crippen LogP contribution in [0.5, 0.6) is 0 Å². The monoisotopic (exact) mass is 378 g/mol. The van der Waals surface area contributed by atoms with Crippen LogP contribution in [0.25, 0.3) is 0 Å². The zero-order chi connectivity index (χ0) is 18.6. The maximum atomic E-state index is 12.5. The van der Waals surface area contributed by atoms with Crippen molar-refractivity contribution in [3.8, 4) is 0 Å². The summed E-state index contributed by atoms with van der Waals surface area (Å²) < 4.78 is 10.00. The molecular formula is C18H22N2O5S. The van der Waals surface area contributed by atoms with E-state index < -0.39 is 16.9 Å². The summed E-state index contributed by atoms with van der Waals surface area (Å²) in [6, 6.07) is 9.09. The fourth-order valence-corrected chi connectivity index (χ4v) is 5.03. The first-order valence-electron chi connectivity index (χ1n) is 8.52. The van der Waals surface area contributed by atoms with Gasteiger partial charge in [-0.05, 0) is 12.0 Å². The molecule has 0 aliphatic carbocycles. The Morgan fingerprint density at radius 2 is 2.12 bits per heavy atom. The number of amides is 2. The Bertz CT molecular complexity index is 683. The topological polar surface area (TPSA) is 84.9 Å².